The van der Waals surface area contributed by atoms with Gasteiger partial charge in [0.05, 0.1) is 48.2 Å². The average molecular weight is 1410 g/mol. The zero-order valence-electron chi connectivity index (χ0n) is 60.4. The molecule has 100 heavy (non-hydrogen) atoms. The zero-order valence-corrected chi connectivity index (χ0v) is 60.4. The number of benzene rings is 1. The van der Waals surface area contributed by atoms with Gasteiger partial charge in [-0.05, 0) is 135 Å². The number of amides is 8. The SMILES string of the molecule is CCCCCCCC[C@H](CC(=O)CCCCCNC(=O)CCC)C(=O)N[C@@H](CCN)C(=O)C[C@H](C(=O)N[C@@H](CCN)C(=O)C[C@H]1CCNC(=O)[C@H]([C@@H](C)O)CC(=O)[C@H](CCN)NC(=O)[C@H](CCN)NC(=O)[C@H](CC(C)C)NC(=O)[C@@H](Cc2ccccc2)CC(=O)[C@H](CCN)NC1=O)[C@@H](C)O. The van der Waals surface area contributed by atoms with Gasteiger partial charge in [-0.2, -0.15) is 0 Å². The van der Waals surface area contributed by atoms with Gasteiger partial charge in [0.2, 0.25) is 47.3 Å². The monoisotopic (exact) mass is 1410 g/mol. The average Bonchev–Trinajstić information content (AvgIpc) is 0.887. The molecule has 8 amide bonds. The number of rotatable bonds is 43. The minimum Gasteiger partial charge on any atom is -0.393 e. The molecule has 28 heteroatoms. The molecule has 0 aromatic heterocycles. The van der Waals surface area contributed by atoms with E-state index in [0.717, 1.165) is 38.5 Å². The van der Waals surface area contributed by atoms with Crippen LogP contribution in [-0.4, -0.2) is 181 Å². The number of aliphatic hydroxyl groups is 2. The second kappa shape index (κ2) is 50.4. The molecule has 28 nitrogen and oxygen atoms in total. The number of nitrogens with one attached hydrogen (secondary N) is 8. The molecule has 1 fully saturated rings. The summed E-state index contributed by atoms with van der Waals surface area (Å²) in [4.78, 5) is 183. The summed E-state index contributed by atoms with van der Waals surface area (Å²) >= 11 is 0. The van der Waals surface area contributed by atoms with Gasteiger partial charge in [0.15, 0.2) is 23.1 Å². The van der Waals surface area contributed by atoms with Crippen LogP contribution in [0.15, 0.2) is 30.3 Å². The highest BCUT2D eigenvalue weighted by atomic mass is 16.3. The van der Waals surface area contributed by atoms with Gasteiger partial charge in [0.1, 0.15) is 17.9 Å². The Labute approximate surface area is 591 Å². The largest absolute Gasteiger partial charge is 0.393 e. The van der Waals surface area contributed by atoms with E-state index >= 15 is 0 Å². The van der Waals surface area contributed by atoms with Gasteiger partial charge in [0, 0.05) is 75.8 Å². The lowest BCUT2D eigenvalue weighted by molar-refractivity contribution is -0.138. The number of carbonyl (C=O) groups excluding carboxylic acids is 13. The molecular formula is C72H123N13O15. The van der Waals surface area contributed by atoms with Crippen molar-refractivity contribution in [2.75, 3.05) is 45.8 Å². The van der Waals surface area contributed by atoms with E-state index in [-0.39, 0.29) is 121 Å². The Morgan fingerprint density at radius 3 is 1.68 bits per heavy atom. The van der Waals surface area contributed by atoms with Gasteiger partial charge in [-0.1, -0.05) is 103 Å². The van der Waals surface area contributed by atoms with Crippen molar-refractivity contribution < 1.29 is 72.5 Å². The van der Waals surface area contributed by atoms with Crippen LogP contribution >= 0.6 is 0 Å². The summed E-state index contributed by atoms with van der Waals surface area (Å²) in [5.74, 6) is -14.8. The number of Topliss-reactive ketones (excluding diaryl/α,β-unsaturated/α-hetero) is 5. The number of carbonyl (C=O) groups is 13. The van der Waals surface area contributed by atoms with E-state index in [1.165, 1.54) is 13.8 Å². The van der Waals surface area contributed by atoms with Gasteiger partial charge in [-0.3, -0.25) is 62.3 Å². The van der Waals surface area contributed by atoms with Gasteiger partial charge >= 0.3 is 0 Å². The molecule has 1 aliphatic heterocycles. The summed E-state index contributed by atoms with van der Waals surface area (Å²) in [5, 5.41) is 43.8. The van der Waals surface area contributed by atoms with Crippen LogP contribution in [0.25, 0.3) is 0 Å². The van der Waals surface area contributed by atoms with Crippen molar-refractivity contribution in [2.24, 2.45) is 64.2 Å². The molecular weight excluding hydrogens is 1290 g/mol. The molecule has 0 radical (unpaired) electrons. The van der Waals surface area contributed by atoms with Crippen molar-refractivity contribution in [3.05, 3.63) is 35.9 Å². The second-order valence-electron chi connectivity index (χ2n) is 27.3. The van der Waals surface area contributed by atoms with Crippen molar-refractivity contribution in [1.29, 1.82) is 0 Å². The molecule has 20 N–H and O–H groups in total. The Hall–Kier alpha value is -6.95. The van der Waals surface area contributed by atoms with Crippen LogP contribution in [0, 0.1) is 35.5 Å². The Morgan fingerprint density at radius 1 is 0.550 bits per heavy atom. The van der Waals surface area contributed by atoms with Crippen molar-refractivity contribution in [1.82, 2.24) is 42.5 Å². The number of hydrogen-bond donors (Lipinski definition) is 15. The number of nitrogens with two attached hydrogens (primary N) is 5. The van der Waals surface area contributed by atoms with Crippen molar-refractivity contribution in [3.8, 4) is 0 Å². The van der Waals surface area contributed by atoms with E-state index < -0.39 is 168 Å². The molecule has 566 valence electrons. The fourth-order valence-corrected chi connectivity index (χ4v) is 12.2. The highest BCUT2D eigenvalue weighted by Gasteiger charge is 2.39. The number of aliphatic hydroxyl groups excluding tert-OH is 2. The highest BCUT2D eigenvalue weighted by molar-refractivity contribution is 5.99. The quantitative estimate of drug-likeness (QED) is 0.0410. The molecule has 1 aromatic rings. The standard InChI is InChI=1S/C72H123N13O15/c1-7-9-10-11-12-17-23-49(40-52(88)24-18-14-19-36-78-65(93)20-8-2)66(94)81-57(27-33-75)64(92)44-54(47(6)87)70(98)82-56(26-32-74)61(89)41-50-30-37-79-69(97)53(46(5)86)43-63(91)58(28-34-76)83-71(99)59(29-35-77)84-72(100)60(38-45(3)4)85-68(96)51(39-48-21-15-13-16-22-48)42-62(90)55(25-31-73)80-67(50)95/h13,15-16,21-22,45-47,49-51,53-60,86-87H,7-12,14,17-20,23-44,73-77H2,1-6H3,(H,78,93)(H,79,97)(H,80,95)(H,81,94)(H,82,98)(H,83,99)(H,84,100)(H,85,96)/t46-,47-,49-,50-,51+,53+,54+,55+,56+,57+,58+,59+,60+/m1/s1. The third kappa shape index (κ3) is 34.6. The summed E-state index contributed by atoms with van der Waals surface area (Å²) in [6.45, 7) is 9.75. The van der Waals surface area contributed by atoms with Crippen LogP contribution in [0.3, 0.4) is 0 Å². The fourth-order valence-electron chi connectivity index (χ4n) is 12.2. The Bertz CT molecular complexity index is 2720. The smallest absolute Gasteiger partial charge is 0.243 e. The first-order chi connectivity index (χ1) is 47.7. The van der Waals surface area contributed by atoms with Gasteiger partial charge in [-0.15, -0.1) is 0 Å². The second-order valence-corrected chi connectivity index (χ2v) is 27.3. The van der Waals surface area contributed by atoms with Gasteiger partial charge in [-0.25, -0.2) is 0 Å². The topological polar surface area (TPSA) is 489 Å². The van der Waals surface area contributed by atoms with Crippen LogP contribution in [-0.2, 0) is 68.7 Å². The first kappa shape index (κ1) is 89.1. The Morgan fingerprint density at radius 2 is 1.09 bits per heavy atom. The van der Waals surface area contributed by atoms with Crippen LogP contribution in [0.4, 0.5) is 0 Å². The third-order valence-corrected chi connectivity index (χ3v) is 18.2. The van der Waals surface area contributed by atoms with E-state index in [0.29, 0.717) is 50.6 Å². The maximum absolute atomic E-state index is 14.8. The van der Waals surface area contributed by atoms with Gasteiger partial charge < -0.3 is 81.4 Å². The normalized spacial score (nSPS) is 21.4. The Balaban J connectivity index is 2.62. The lowest BCUT2D eigenvalue weighted by atomic mass is 9.88. The summed E-state index contributed by atoms with van der Waals surface area (Å²) in [5.41, 5.74) is 30.6. The van der Waals surface area contributed by atoms with Crippen LogP contribution in [0.2, 0.25) is 0 Å². The lowest BCUT2D eigenvalue weighted by Gasteiger charge is -2.28. The molecule has 1 heterocycles. The van der Waals surface area contributed by atoms with Crippen molar-refractivity contribution in [2.45, 2.75) is 257 Å². The lowest BCUT2D eigenvalue weighted by Crippen LogP contribution is -2.57. The molecule has 1 saturated heterocycles. The Kier molecular flexibility index (Phi) is 44.9. The van der Waals surface area contributed by atoms with Crippen molar-refractivity contribution in [3.63, 3.8) is 0 Å². The number of hydrogen-bond acceptors (Lipinski definition) is 20. The van der Waals surface area contributed by atoms with E-state index in [1.807, 2.05) is 20.8 Å². The maximum atomic E-state index is 14.8. The molecule has 0 spiro atoms. The first-order valence-corrected chi connectivity index (χ1v) is 36.6. The van der Waals surface area contributed by atoms with E-state index in [4.69, 9.17) is 28.7 Å². The number of unbranched alkanes of at least 4 members (excludes halogenated alkanes) is 7. The minimum atomic E-state index is -1.50. The molecule has 0 saturated carbocycles. The predicted molar refractivity (Wildman–Crippen MR) is 380 cm³/mol. The molecule has 2 rings (SSSR count). The van der Waals surface area contributed by atoms with Crippen LogP contribution in [0.5, 0.6) is 0 Å². The van der Waals surface area contributed by atoms with E-state index in [9.17, 15) is 72.5 Å². The van der Waals surface area contributed by atoms with Crippen LogP contribution < -0.4 is 71.2 Å². The number of ketones is 5. The van der Waals surface area contributed by atoms with E-state index in [2.05, 4.69) is 49.5 Å². The predicted octanol–water partition coefficient (Wildman–Crippen LogP) is 1.31. The highest BCUT2D eigenvalue weighted by Crippen LogP contribution is 2.23. The molecule has 1 aliphatic rings. The van der Waals surface area contributed by atoms with Crippen LogP contribution in [0.1, 0.15) is 208 Å². The van der Waals surface area contributed by atoms with E-state index in [1.54, 1.807) is 30.3 Å². The molecule has 13 atom stereocenters. The molecule has 0 bridgehead atoms. The molecule has 0 unspecified atom stereocenters. The molecule has 0 aliphatic carbocycles. The first-order valence-electron chi connectivity index (χ1n) is 36.6. The summed E-state index contributed by atoms with van der Waals surface area (Å²) in [6, 6.07) is 0.844. The third-order valence-electron chi connectivity index (χ3n) is 18.2. The summed E-state index contributed by atoms with van der Waals surface area (Å²) < 4.78 is 0. The molecule has 1 aromatic carbocycles. The van der Waals surface area contributed by atoms with Crippen molar-refractivity contribution >= 4 is 76.2 Å². The van der Waals surface area contributed by atoms with Gasteiger partial charge in [0.25, 0.3) is 0 Å². The summed E-state index contributed by atoms with van der Waals surface area (Å²) in [6.07, 6.45) is 3.08. The maximum Gasteiger partial charge on any atom is 0.243 e. The summed E-state index contributed by atoms with van der Waals surface area (Å²) in [7, 11) is 0. The fraction of sp³-hybridized carbons (Fsp3) is 0.736. The zero-order chi connectivity index (χ0) is 74.7. The minimum absolute atomic E-state index is 0.00521.